The predicted molar refractivity (Wildman–Crippen MR) is 121 cm³/mol. The highest BCUT2D eigenvalue weighted by molar-refractivity contribution is 6.34. The average molecular weight is 510 g/mol. The molecular weight excluding hydrogens is 486 g/mol. The lowest BCUT2D eigenvalue weighted by Crippen LogP contribution is -2.51. The lowest BCUT2D eigenvalue weighted by atomic mass is 10.1. The van der Waals surface area contributed by atoms with Crippen molar-refractivity contribution in [3.8, 4) is 5.75 Å². The van der Waals surface area contributed by atoms with Gasteiger partial charge in [-0.25, -0.2) is 0 Å². The number of nitrogens with zero attached hydrogens (tertiary/aromatic N) is 5. The van der Waals surface area contributed by atoms with Crippen LogP contribution in [0.2, 0.25) is 5.02 Å². The summed E-state index contributed by atoms with van der Waals surface area (Å²) >= 11 is 12.1. The minimum atomic E-state index is -4.63. The van der Waals surface area contributed by atoms with E-state index >= 15 is 0 Å². The van der Waals surface area contributed by atoms with Crippen molar-refractivity contribution in [2.45, 2.75) is 24.5 Å². The van der Waals surface area contributed by atoms with Crippen LogP contribution >= 0.6 is 23.2 Å². The lowest BCUT2D eigenvalue weighted by Gasteiger charge is -2.37. The summed E-state index contributed by atoms with van der Waals surface area (Å²) in [6.45, 7) is 3.00. The molecule has 1 saturated heterocycles. The third-order valence-corrected chi connectivity index (χ3v) is 6.42. The van der Waals surface area contributed by atoms with Gasteiger partial charge < -0.3 is 19.4 Å². The summed E-state index contributed by atoms with van der Waals surface area (Å²) in [7, 11) is 2.95. The molecule has 33 heavy (non-hydrogen) atoms. The number of oxime groups is 1. The molecule has 1 fully saturated rings. The van der Waals surface area contributed by atoms with Gasteiger partial charge in [0.2, 0.25) is 5.91 Å². The predicted octanol–water partition coefficient (Wildman–Crippen LogP) is 3.21. The maximum absolute atomic E-state index is 13.1. The van der Waals surface area contributed by atoms with Gasteiger partial charge in [-0.3, -0.25) is 9.80 Å². The van der Waals surface area contributed by atoms with Gasteiger partial charge >= 0.3 is 6.18 Å². The Morgan fingerprint density at radius 3 is 2.48 bits per heavy atom. The second-order valence-electron chi connectivity index (χ2n) is 7.55. The van der Waals surface area contributed by atoms with E-state index in [1.54, 1.807) is 17.0 Å². The van der Waals surface area contributed by atoms with E-state index < -0.39 is 23.3 Å². The van der Waals surface area contributed by atoms with Crippen LogP contribution in [0.4, 0.5) is 18.9 Å². The van der Waals surface area contributed by atoms with Gasteiger partial charge in [-0.2, -0.15) is 18.3 Å². The number of halogens is 5. The third kappa shape index (κ3) is 5.57. The number of benzene rings is 1. The highest BCUT2D eigenvalue weighted by Gasteiger charge is 2.48. The zero-order valence-electron chi connectivity index (χ0n) is 18.3. The van der Waals surface area contributed by atoms with Crippen molar-refractivity contribution in [2.75, 3.05) is 51.8 Å². The van der Waals surface area contributed by atoms with Crippen LogP contribution in [0.15, 0.2) is 22.4 Å². The van der Waals surface area contributed by atoms with E-state index in [0.29, 0.717) is 37.0 Å². The van der Waals surface area contributed by atoms with E-state index in [0.717, 1.165) is 16.3 Å². The highest BCUT2D eigenvalue weighted by Crippen LogP contribution is 2.34. The Morgan fingerprint density at radius 2 is 1.94 bits per heavy atom. The smallest absolute Gasteiger partial charge is 0.432 e. The normalized spacial score (nSPS) is 21.6. The quantitative estimate of drug-likeness (QED) is 0.334. The number of ether oxygens (including phenoxy) is 1. The standard InChI is InChI=1S/C20H24Cl2F3N5O3/c1-12-18(22)19(20(23,24)25)27-30(12)11-17(31)29-6-4-28(5-7-29)15-9-16(32-2)14(21)8-13(15)10-26-33-3/h8-10,12,18H,4-7,11H2,1-3H3/b26-10+. The summed E-state index contributed by atoms with van der Waals surface area (Å²) in [5, 5.41) is 7.59. The van der Waals surface area contributed by atoms with Gasteiger partial charge in [0.05, 0.1) is 24.4 Å². The molecule has 0 bridgehead atoms. The van der Waals surface area contributed by atoms with Gasteiger partial charge in [0.1, 0.15) is 24.8 Å². The number of piperazine rings is 1. The Hall–Kier alpha value is -2.40. The summed E-state index contributed by atoms with van der Waals surface area (Å²) in [6.07, 6.45) is -3.10. The summed E-state index contributed by atoms with van der Waals surface area (Å²) in [5.41, 5.74) is 0.452. The van der Waals surface area contributed by atoms with Crippen LogP contribution in [-0.4, -0.2) is 92.3 Å². The van der Waals surface area contributed by atoms with E-state index in [1.165, 1.54) is 27.4 Å². The van der Waals surface area contributed by atoms with E-state index in [-0.39, 0.29) is 12.5 Å². The highest BCUT2D eigenvalue weighted by atomic mass is 35.5. The van der Waals surface area contributed by atoms with Crippen molar-refractivity contribution in [3.05, 3.63) is 22.7 Å². The summed E-state index contributed by atoms with van der Waals surface area (Å²) in [6, 6.07) is 2.76. The number of hydrogen-bond donors (Lipinski definition) is 0. The Bertz CT molecular complexity index is 936. The maximum Gasteiger partial charge on any atom is 0.432 e. The molecule has 2 atom stereocenters. The molecule has 182 valence electrons. The molecule has 0 N–H and O–H groups in total. The third-order valence-electron chi connectivity index (χ3n) is 5.55. The molecule has 13 heteroatoms. The maximum atomic E-state index is 13.1. The van der Waals surface area contributed by atoms with Crippen molar-refractivity contribution in [1.29, 1.82) is 0 Å². The average Bonchev–Trinajstić information content (AvgIpc) is 3.06. The minimum absolute atomic E-state index is 0.273. The first-order valence-electron chi connectivity index (χ1n) is 10.1. The molecule has 2 heterocycles. The topological polar surface area (TPSA) is 70.0 Å². The molecule has 0 radical (unpaired) electrons. The molecule has 8 nitrogen and oxygen atoms in total. The number of carbonyl (C=O) groups excluding carboxylic acids is 1. The van der Waals surface area contributed by atoms with Crippen LogP contribution in [-0.2, 0) is 9.63 Å². The van der Waals surface area contributed by atoms with Crippen molar-refractivity contribution in [2.24, 2.45) is 10.3 Å². The number of alkyl halides is 4. The zero-order chi connectivity index (χ0) is 24.3. The van der Waals surface area contributed by atoms with Crippen molar-refractivity contribution < 1.29 is 27.5 Å². The molecule has 2 aliphatic heterocycles. The summed E-state index contributed by atoms with van der Waals surface area (Å²) in [4.78, 5) is 21.2. The number of carbonyl (C=O) groups is 1. The second-order valence-corrected chi connectivity index (χ2v) is 8.43. The first-order valence-corrected chi connectivity index (χ1v) is 10.9. The molecule has 0 saturated carbocycles. The van der Waals surface area contributed by atoms with Gasteiger partial charge in [-0.15, -0.1) is 11.6 Å². The number of anilines is 1. The first kappa shape index (κ1) is 25.2. The molecule has 2 aliphatic rings. The molecule has 0 aliphatic carbocycles. The van der Waals surface area contributed by atoms with Crippen LogP contribution in [0.1, 0.15) is 12.5 Å². The largest absolute Gasteiger partial charge is 0.495 e. The molecule has 1 aromatic rings. The first-order chi connectivity index (χ1) is 15.6. The number of hydrazone groups is 1. The summed E-state index contributed by atoms with van der Waals surface area (Å²) in [5.74, 6) is 0.184. The molecular formula is C20H24Cl2F3N5O3. The van der Waals surface area contributed by atoms with Gasteiger partial charge in [-0.05, 0) is 13.0 Å². The van der Waals surface area contributed by atoms with E-state index in [4.69, 9.17) is 32.8 Å². The summed E-state index contributed by atoms with van der Waals surface area (Å²) < 4.78 is 44.5. The Labute approximate surface area is 199 Å². The van der Waals surface area contributed by atoms with Crippen LogP contribution < -0.4 is 9.64 Å². The Morgan fingerprint density at radius 1 is 1.27 bits per heavy atom. The van der Waals surface area contributed by atoms with Crippen LogP contribution in [0.25, 0.3) is 0 Å². The van der Waals surface area contributed by atoms with E-state index in [2.05, 4.69) is 10.3 Å². The fraction of sp³-hybridized carbons (Fsp3) is 0.550. The van der Waals surface area contributed by atoms with Gasteiger partial charge in [0.15, 0.2) is 5.71 Å². The van der Waals surface area contributed by atoms with Crippen LogP contribution in [0.3, 0.4) is 0 Å². The molecule has 1 aromatic carbocycles. The molecule has 0 spiro atoms. The Balaban J connectivity index is 1.67. The lowest BCUT2D eigenvalue weighted by molar-refractivity contribution is -0.133. The van der Waals surface area contributed by atoms with Crippen molar-refractivity contribution in [1.82, 2.24) is 9.91 Å². The molecule has 0 aromatic heterocycles. The number of amides is 1. The van der Waals surface area contributed by atoms with Gasteiger partial charge in [0, 0.05) is 43.5 Å². The molecule has 3 rings (SSSR count). The number of methoxy groups -OCH3 is 1. The van der Waals surface area contributed by atoms with E-state index in [1.807, 2.05) is 4.90 Å². The van der Waals surface area contributed by atoms with Crippen LogP contribution in [0, 0.1) is 0 Å². The number of rotatable bonds is 6. The fourth-order valence-electron chi connectivity index (χ4n) is 3.69. The minimum Gasteiger partial charge on any atom is -0.495 e. The van der Waals surface area contributed by atoms with E-state index in [9.17, 15) is 18.0 Å². The SMILES string of the molecule is CO/N=C/c1cc(Cl)c(OC)cc1N1CCN(C(=O)CN2N=C(C(F)(F)F)C(Cl)C2C)CC1. The molecule has 2 unspecified atom stereocenters. The fourth-order valence-corrected chi connectivity index (χ4v) is 4.24. The van der Waals surface area contributed by atoms with Gasteiger partial charge in [-0.1, -0.05) is 16.8 Å². The zero-order valence-corrected chi connectivity index (χ0v) is 19.8. The Kier molecular flexibility index (Phi) is 7.84. The second kappa shape index (κ2) is 10.3. The van der Waals surface area contributed by atoms with Gasteiger partial charge in [0.25, 0.3) is 0 Å². The van der Waals surface area contributed by atoms with Crippen molar-refractivity contribution >= 4 is 46.7 Å². The molecule has 1 amide bonds. The van der Waals surface area contributed by atoms with Crippen molar-refractivity contribution in [3.63, 3.8) is 0 Å². The monoisotopic (exact) mass is 509 g/mol. The van der Waals surface area contributed by atoms with Crippen LogP contribution in [0.5, 0.6) is 5.75 Å². The number of hydrogen-bond acceptors (Lipinski definition) is 7.